The number of benzene rings is 2. The van der Waals surface area contributed by atoms with Crippen LogP contribution in [-0.2, 0) is 0 Å². The lowest BCUT2D eigenvalue weighted by Crippen LogP contribution is -1.85. The third kappa shape index (κ3) is 2.02. The van der Waals surface area contributed by atoms with Crippen molar-refractivity contribution in [2.75, 3.05) is 0 Å². The maximum Gasteiger partial charge on any atom is 0.0717 e. The lowest BCUT2D eigenvalue weighted by molar-refractivity contribution is 1.20. The molecule has 6 aromatic rings. The van der Waals surface area contributed by atoms with Gasteiger partial charge < -0.3 is 14.4 Å². The Hall–Kier alpha value is -3.72. The summed E-state index contributed by atoms with van der Waals surface area (Å²) in [6, 6.07) is 25.6. The van der Waals surface area contributed by atoms with Gasteiger partial charge in [0.25, 0.3) is 0 Å². The second kappa shape index (κ2) is 5.39. The first kappa shape index (κ1) is 14.4. The Kier molecular flexibility index (Phi) is 2.88. The Morgan fingerprint density at radius 2 is 1.48 bits per heavy atom. The summed E-state index contributed by atoms with van der Waals surface area (Å²) in [6.45, 7) is 0. The van der Waals surface area contributed by atoms with E-state index in [0.29, 0.717) is 0 Å². The first-order valence-electron chi connectivity index (χ1n) is 9.13. The number of pyridine rings is 1. The zero-order chi connectivity index (χ0) is 17.8. The Morgan fingerprint density at radius 3 is 2.44 bits per heavy atom. The molecule has 0 amide bonds. The number of para-hydroxylation sites is 1. The predicted octanol–water partition coefficient (Wildman–Crippen LogP) is 6.24. The molecule has 0 spiro atoms. The molecule has 4 heterocycles. The highest BCUT2D eigenvalue weighted by Crippen LogP contribution is 2.41. The molecule has 128 valence electrons. The smallest absolute Gasteiger partial charge is 0.0717 e. The monoisotopic (exact) mass is 347 g/mol. The second-order valence-electron chi connectivity index (χ2n) is 6.89. The molecular formula is C24H17N3. The third-order valence-corrected chi connectivity index (χ3v) is 5.40. The van der Waals surface area contributed by atoms with Crippen molar-refractivity contribution < 1.29 is 0 Å². The number of H-pyrrole nitrogens is 2. The summed E-state index contributed by atoms with van der Waals surface area (Å²) in [6.07, 6.45) is 6.30. The van der Waals surface area contributed by atoms with Crippen LogP contribution in [0.1, 0.15) is 0 Å². The first-order chi connectivity index (χ1) is 13.4. The summed E-state index contributed by atoms with van der Waals surface area (Å²) in [4.78, 5) is 7.17. The van der Waals surface area contributed by atoms with Crippen molar-refractivity contribution >= 4 is 27.2 Å². The number of hydrogen-bond acceptors (Lipinski definition) is 0. The van der Waals surface area contributed by atoms with Crippen LogP contribution in [0.15, 0.2) is 91.4 Å². The minimum Gasteiger partial charge on any atom is -0.359 e. The molecule has 0 saturated heterocycles. The molecule has 0 atom stereocenters. The molecule has 6 rings (SSSR count). The van der Waals surface area contributed by atoms with Crippen molar-refractivity contribution in [3.63, 3.8) is 0 Å². The van der Waals surface area contributed by atoms with Gasteiger partial charge >= 0.3 is 0 Å². The average molecular weight is 347 g/mol. The van der Waals surface area contributed by atoms with E-state index < -0.39 is 0 Å². The molecule has 0 aliphatic heterocycles. The van der Waals surface area contributed by atoms with E-state index in [4.69, 9.17) is 0 Å². The molecule has 0 bridgehead atoms. The minimum atomic E-state index is 1.13. The summed E-state index contributed by atoms with van der Waals surface area (Å²) in [7, 11) is 0. The summed E-state index contributed by atoms with van der Waals surface area (Å²) >= 11 is 0. The minimum absolute atomic E-state index is 1.13. The summed E-state index contributed by atoms with van der Waals surface area (Å²) in [5.41, 5.74) is 7.10. The van der Waals surface area contributed by atoms with E-state index in [1.807, 2.05) is 0 Å². The largest absolute Gasteiger partial charge is 0.359 e. The van der Waals surface area contributed by atoms with Gasteiger partial charge in [0.1, 0.15) is 0 Å². The van der Waals surface area contributed by atoms with E-state index >= 15 is 0 Å². The molecule has 0 aliphatic carbocycles. The summed E-state index contributed by atoms with van der Waals surface area (Å²) in [5, 5.41) is 3.69. The maximum absolute atomic E-state index is 3.67. The molecule has 0 radical (unpaired) electrons. The van der Waals surface area contributed by atoms with E-state index in [1.54, 1.807) is 0 Å². The normalized spacial score (nSPS) is 11.7. The van der Waals surface area contributed by atoms with Crippen LogP contribution in [0, 0.1) is 0 Å². The Morgan fingerprint density at radius 1 is 0.667 bits per heavy atom. The number of fused-ring (bicyclic) bond motifs is 3. The van der Waals surface area contributed by atoms with Crippen molar-refractivity contribution in [3.8, 4) is 22.5 Å². The molecule has 2 aromatic carbocycles. The summed E-state index contributed by atoms with van der Waals surface area (Å²) < 4.78 is 2.17. The van der Waals surface area contributed by atoms with E-state index in [0.717, 1.165) is 16.9 Å². The van der Waals surface area contributed by atoms with Crippen molar-refractivity contribution in [2.45, 2.75) is 0 Å². The Bertz CT molecular complexity index is 1430. The van der Waals surface area contributed by atoms with Crippen LogP contribution in [0.25, 0.3) is 49.7 Å². The van der Waals surface area contributed by atoms with Crippen LogP contribution in [-0.4, -0.2) is 14.4 Å². The molecule has 0 unspecified atom stereocenters. The van der Waals surface area contributed by atoms with Crippen LogP contribution in [0.5, 0.6) is 0 Å². The van der Waals surface area contributed by atoms with Gasteiger partial charge in [0.2, 0.25) is 0 Å². The quantitative estimate of drug-likeness (QED) is 0.372. The fourth-order valence-corrected chi connectivity index (χ4v) is 4.16. The summed E-state index contributed by atoms with van der Waals surface area (Å²) in [5.74, 6) is 0. The third-order valence-electron chi connectivity index (χ3n) is 5.40. The van der Waals surface area contributed by atoms with Crippen LogP contribution in [0.2, 0.25) is 0 Å². The molecular weight excluding hydrogens is 330 g/mol. The van der Waals surface area contributed by atoms with Crippen LogP contribution < -0.4 is 0 Å². The standard InChI is InChI=1S/C24H17N3/c1-2-8-17-16(7-1)15-25-23(17)24-22(18-9-3-4-10-20(18)26-24)19-12-14-27-13-6-5-11-21(19)27/h1-15,25-26H. The van der Waals surface area contributed by atoms with Gasteiger partial charge in [-0.1, -0.05) is 48.5 Å². The van der Waals surface area contributed by atoms with Crippen LogP contribution in [0.3, 0.4) is 0 Å². The molecule has 0 saturated carbocycles. The van der Waals surface area contributed by atoms with E-state index in [2.05, 4.69) is 106 Å². The number of nitrogens with zero attached hydrogens (tertiary/aromatic N) is 1. The number of aromatic amines is 2. The van der Waals surface area contributed by atoms with Gasteiger partial charge in [-0.05, 0) is 29.7 Å². The number of nitrogens with one attached hydrogen (secondary N) is 2. The molecule has 0 fully saturated rings. The number of rotatable bonds is 2. The van der Waals surface area contributed by atoms with E-state index in [-0.39, 0.29) is 0 Å². The maximum atomic E-state index is 3.67. The van der Waals surface area contributed by atoms with Gasteiger partial charge in [-0.3, -0.25) is 0 Å². The number of aromatic nitrogens is 3. The highest BCUT2D eigenvalue weighted by atomic mass is 14.9. The van der Waals surface area contributed by atoms with Gasteiger partial charge in [-0.25, -0.2) is 0 Å². The molecule has 0 aliphatic rings. The Balaban J connectivity index is 1.75. The van der Waals surface area contributed by atoms with Gasteiger partial charge in [-0.2, -0.15) is 0 Å². The average Bonchev–Trinajstić information content (AvgIpc) is 3.42. The van der Waals surface area contributed by atoms with E-state index in [9.17, 15) is 0 Å². The topological polar surface area (TPSA) is 36.0 Å². The zero-order valence-electron chi connectivity index (χ0n) is 14.6. The van der Waals surface area contributed by atoms with Crippen LogP contribution >= 0.6 is 0 Å². The van der Waals surface area contributed by atoms with Gasteiger partial charge in [0, 0.05) is 46.0 Å². The first-order valence-corrected chi connectivity index (χ1v) is 9.13. The van der Waals surface area contributed by atoms with Crippen LogP contribution in [0.4, 0.5) is 0 Å². The van der Waals surface area contributed by atoms with Gasteiger partial charge in [-0.15, -0.1) is 0 Å². The van der Waals surface area contributed by atoms with Gasteiger partial charge in [0.05, 0.1) is 16.9 Å². The zero-order valence-corrected chi connectivity index (χ0v) is 14.6. The molecule has 4 aromatic heterocycles. The van der Waals surface area contributed by atoms with Crippen molar-refractivity contribution in [2.24, 2.45) is 0 Å². The lowest BCUT2D eigenvalue weighted by Gasteiger charge is -2.05. The molecule has 3 nitrogen and oxygen atoms in total. The fraction of sp³-hybridized carbons (Fsp3) is 0. The molecule has 2 N–H and O–H groups in total. The number of hydrogen-bond donors (Lipinski definition) is 2. The highest BCUT2D eigenvalue weighted by Gasteiger charge is 2.19. The second-order valence-corrected chi connectivity index (χ2v) is 6.89. The lowest BCUT2D eigenvalue weighted by atomic mass is 10.00. The predicted molar refractivity (Wildman–Crippen MR) is 112 cm³/mol. The fourth-order valence-electron chi connectivity index (χ4n) is 4.16. The van der Waals surface area contributed by atoms with E-state index in [1.165, 1.54) is 32.8 Å². The molecule has 3 heteroatoms. The van der Waals surface area contributed by atoms with Crippen molar-refractivity contribution in [3.05, 3.63) is 91.4 Å². The van der Waals surface area contributed by atoms with Gasteiger partial charge in [0.15, 0.2) is 0 Å². The SMILES string of the molecule is c1ccc2c(-c3[nH]c4ccccc4c3-c3ccn4ccccc34)[nH]cc2c1. The van der Waals surface area contributed by atoms with Crippen molar-refractivity contribution in [1.29, 1.82) is 0 Å². The van der Waals surface area contributed by atoms with Crippen molar-refractivity contribution in [1.82, 2.24) is 14.4 Å². The Labute approximate surface area is 155 Å². The highest BCUT2D eigenvalue weighted by molar-refractivity contribution is 6.10. The molecule has 27 heavy (non-hydrogen) atoms.